The number of halogens is 2. The molecule has 1 fully saturated rings. The van der Waals surface area contributed by atoms with Gasteiger partial charge in [0.2, 0.25) is 5.82 Å². The van der Waals surface area contributed by atoms with Gasteiger partial charge in [-0.1, -0.05) is 106 Å². The van der Waals surface area contributed by atoms with Crippen molar-refractivity contribution in [2.24, 2.45) is 11.8 Å². The Bertz CT molecular complexity index is 1050. The van der Waals surface area contributed by atoms with E-state index in [1.165, 1.54) is 44.1 Å². The molecule has 1 nitrogen and oxygen atoms in total. The summed E-state index contributed by atoms with van der Waals surface area (Å²) in [6, 6.07) is 19.0. The Balaban J connectivity index is 1.28. The fraction of sp³-hybridized carbons (Fsp3) is 0.419. The molecule has 34 heavy (non-hydrogen) atoms. The normalized spacial score (nSPS) is 18.1. The van der Waals surface area contributed by atoms with Crippen LogP contribution in [0.15, 0.2) is 60.7 Å². The summed E-state index contributed by atoms with van der Waals surface area (Å²) in [5.74, 6) is 0.00821. The van der Waals surface area contributed by atoms with E-state index >= 15 is 0 Å². The molecule has 0 radical (unpaired) electrons. The topological polar surface area (TPSA) is 9.23 Å². The van der Waals surface area contributed by atoms with Crippen LogP contribution in [0.2, 0.25) is 0 Å². The predicted molar refractivity (Wildman–Crippen MR) is 137 cm³/mol. The van der Waals surface area contributed by atoms with Crippen molar-refractivity contribution in [3.8, 4) is 28.0 Å². The Labute approximate surface area is 203 Å². The molecular formula is C31H36F2O. The van der Waals surface area contributed by atoms with E-state index in [2.05, 4.69) is 38.1 Å². The molecule has 1 aliphatic carbocycles. The number of benzene rings is 3. The highest BCUT2D eigenvalue weighted by Gasteiger charge is 2.18. The number of ether oxygens (including phenoxy) is 1. The summed E-state index contributed by atoms with van der Waals surface area (Å²) in [5.41, 5.74) is 4.25. The lowest BCUT2D eigenvalue weighted by Gasteiger charge is -2.26. The Kier molecular flexibility index (Phi) is 8.37. The second-order valence-corrected chi connectivity index (χ2v) is 10.0. The van der Waals surface area contributed by atoms with Crippen LogP contribution in [-0.2, 0) is 0 Å². The maximum absolute atomic E-state index is 14.8. The number of aryl methyl sites for hydroxylation is 1. The minimum atomic E-state index is -0.906. The predicted octanol–water partition coefficient (Wildman–Crippen LogP) is 9.37. The highest BCUT2D eigenvalue weighted by molar-refractivity contribution is 5.71. The summed E-state index contributed by atoms with van der Waals surface area (Å²) in [6.07, 6.45) is 9.88. The smallest absolute Gasteiger partial charge is 0.201 e. The Morgan fingerprint density at radius 2 is 1.32 bits per heavy atom. The number of hydrogen-bond donors (Lipinski definition) is 0. The summed E-state index contributed by atoms with van der Waals surface area (Å²) in [7, 11) is 0. The van der Waals surface area contributed by atoms with Crippen molar-refractivity contribution in [2.45, 2.75) is 65.2 Å². The Morgan fingerprint density at radius 3 is 2.00 bits per heavy atom. The summed E-state index contributed by atoms with van der Waals surface area (Å²) < 4.78 is 35.1. The van der Waals surface area contributed by atoms with Crippen molar-refractivity contribution < 1.29 is 13.5 Å². The number of unbranched alkanes of at least 4 members (excludes halogenated alkanes) is 2. The van der Waals surface area contributed by atoms with E-state index in [1.807, 2.05) is 24.3 Å². The minimum absolute atomic E-state index is 0.00112. The molecule has 0 atom stereocenters. The highest BCUT2D eigenvalue weighted by Crippen LogP contribution is 2.33. The first-order valence-corrected chi connectivity index (χ1v) is 12.8. The molecule has 4 rings (SSSR count). The fourth-order valence-corrected chi connectivity index (χ4v) is 4.97. The number of hydrogen-bond acceptors (Lipinski definition) is 1. The quantitative estimate of drug-likeness (QED) is 0.288. The van der Waals surface area contributed by atoms with Gasteiger partial charge in [-0.15, -0.1) is 0 Å². The van der Waals surface area contributed by atoms with Crippen LogP contribution in [0.1, 0.15) is 63.9 Å². The van der Waals surface area contributed by atoms with E-state index in [1.54, 1.807) is 12.1 Å². The fourth-order valence-electron chi connectivity index (χ4n) is 4.97. The molecule has 180 valence electrons. The maximum Gasteiger partial charge on any atom is 0.201 e. The first kappa shape index (κ1) is 24.4. The van der Waals surface area contributed by atoms with Gasteiger partial charge in [0.05, 0.1) is 6.61 Å². The second kappa shape index (κ2) is 11.6. The Hall–Kier alpha value is -2.68. The zero-order valence-electron chi connectivity index (χ0n) is 20.5. The van der Waals surface area contributed by atoms with Gasteiger partial charge >= 0.3 is 0 Å². The van der Waals surface area contributed by atoms with E-state index < -0.39 is 11.6 Å². The van der Waals surface area contributed by atoms with Crippen LogP contribution in [0.5, 0.6) is 5.75 Å². The van der Waals surface area contributed by atoms with Crippen molar-refractivity contribution in [1.29, 1.82) is 0 Å². The standard InChI is InChI=1S/C31H36F2O/c1-22-7-11-24(12-8-22)6-4-3-5-21-34-29-20-19-28(30(32)31(29)33)27-17-15-26(16-18-27)25-13-9-23(2)10-14-25/h9-10,13-20,22,24H,3-8,11-12,21H2,1-2H3. The van der Waals surface area contributed by atoms with Crippen molar-refractivity contribution in [3.05, 3.63) is 77.9 Å². The van der Waals surface area contributed by atoms with Gasteiger partial charge < -0.3 is 4.74 Å². The first-order chi connectivity index (χ1) is 16.5. The van der Waals surface area contributed by atoms with Gasteiger partial charge in [0.15, 0.2) is 11.6 Å². The van der Waals surface area contributed by atoms with Crippen LogP contribution >= 0.6 is 0 Å². The van der Waals surface area contributed by atoms with Crippen LogP contribution in [0, 0.1) is 30.4 Å². The van der Waals surface area contributed by atoms with E-state index in [4.69, 9.17) is 4.74 Å². The summed E-state index contributed by atoms with van der Waals surface area (Å²) >= 11 is 0. The average molecular weight is 463 g/mol. The highest BCUT2D eigenvalue weighted by atomic mass is 19.2. The third kappa shape index (κ3) is 6.25. The van der Waals surface area contributed by atoms with Crippen LogP contribution in [0.25, 0.3) is 22.3 Å². The third-order valence-corrected chi connectivity index (χ3v) is 7.28. The molecule has 0 aromatic heterocycles. The van der Waals surface area contributed by atoms with Gasteiger partial charge in [0, 0.05) is 5.56 Å². The summed E-state index contributed by atoms with van der Waals surface area (Å²) in [6.45, 7) is 4.82. The third-order valence-electron chi connectivity index (χ3n) is 7.28. The lowest BCUT2D eigenvalue weighted by molar-refractivity contribution is 0.261. The molecule has 3 aromatic rings. The molecule has 0 spiro atoms. The van der Waals surface area contributed by atoms with Gasteiger partial charge in [-0.25, -0.2) is 4.39 Å². The van der Waals surface area contributed by atoms with Gasteiger partial charge in [-0.3, -0.25) is 0 Å². The zero-order valence-corrected chi connectivity index (χ0v) is 20.5. The van der Waals surface area contributed by atoms with E-state index in [0.29, 0.717) is 12.2 Å². The van der Waals surface area contributed by atoms with Crippen LogP contribution in [0.4, 0.5) is 8.78 Å². The number of rotatable bonds is 9. The lowest BCUT2D eigenvalue weighted by Crippen LogP contribution is -2.12. The maximum atomic E-state index is 14.8. The summed E-state index contributed by atoms with van der Waals surface area (Å²) in [5, 5.41) is 0. The average Bonchev–Trinajstić information content (AvgIpc) is 2.86. The molecule has 0 amide bonds. The molecule has 0 heterocycles. The van der Waals surface area contributed by atoms with Crippen molar-refractivity contribution >= 4 is 0 Å². The molecule has 1 aliphatic rings. The molecule has 0 unspecified atom stereocenters. The summed E-state index contributed by atoms with van der Waals surface area (Å²) in [4.78, 5) is 0. The first-order valence-electron chi connectivity index (χ1n) is 12.8. The molecule has 0 aliphatic heterocycles. The molecule has 1 saturated carbocycles. The van der Waals surface area contributed by atoms with Gasteiger partial charge in [-0.2, -0.15) is 4.39 Å². The SMILES string of the molecule is Cc1ccc(-c2ccc(-c3ccc(OCCCCCC4CCC(C)CC4)c(F)c3F)cc2)cc1. The minimum Gasteiger partial charge on any atom is -0.490 e. The second-order valence-electron chi connectivity index (χ2n) is 10.0. The molecule has 0 N–H and O–H groups in total. The van der Waals surface area contributed by atoms with E-state index in [0.717, 1.165) is 35.8 Å². The van der Waals surface area contributed by atoms with Crippen molar-refractivity contribution in [2.75, 3.05) is 6.61 Å². The van der Waals surface area contributed by atoms with Gasteiger partial charge in [0.25, 0.3) is 0 Å². The van der Waals surface area contributed by atoms with Crippen molar-refractivity contribution in [3.63, 3.8) is 0 Å². The van der Waals surface area contributed by atoms with Crippen molar-refractivity contribution in [1.82, 2.24) is 0 Å². The van der Waals surface area contributed by atoms with Crippen LogP contribution < -0.4 is 4.74 Å². The molecule has 0 saturated heterocycles. The monoisotopic (exact) mass is 462 g/mol. The van der Waals surface area contributed by atoms with Gasteiger partial charge in [-0.05, 0) is 54.0 Å². The van der Waals surface area contributed by atoms with E-state index in [9.17, 15) is 8.78 Å². The molecule has 3 aromatic carbocycles. The Morgan fingerprint density at radius 1 is 0.706 bits per heavy atom. The zero-order chi connectivity index (χ0) is 23.9. The van der Waals surface area contributed by atoms with Gasteiger partial charge in [0.1, 0.15) is 0 Å². The molecule has 0 bridgehead atoms. The largest absolute Gasteiger partial charge is 0.490 e. The van der Waals surface area contributed by atoms with E-state index in [-0.39, 0.29) is 11.3 Å². The lowest BCUT2D eigenvalue weighted by atomic mass is 9.80. The van der Waals surface area contributed by atoms with Crippen LogP contribution in [-0.4, -0.2) is 6.61 Å². The van der Waals surface area contributed by atoms with Crippen LogP contribution in [0.3, 0.4) is 0 Å². The molecule has 3 heteroatoms. The molecular weight excluding hydrogens is 426 g/mol.